The first-order valence-corrected chi connectivity index (χ1v) is 10.3. The Kier molecular flexibility index (Phi) is 5.83. The fourth-order valence-electron chi connectivity index (χ4n) is 4.12. The molecule has 2 aliphatic heterocycles. The predicted molar refractivity (Wildman–Crippen MR) is 115 cm³/mol. The molecule has 0 saturated carbocycles. The fourth-order valence-corrected chi connectivity index (χ4v) is 4.12. The molecule has 1 amide bonds. The Bertz CT molecular complexity index is 861. The van der Waals surface area contributed by atoms with Crippen molar-refractivity contribution in [3.8, 4) is 0 Å². The van der Waals surface area contributed by atoms with E-state index in [1.54, 1.807) is 6.07 Å². The number of hydrogen-bond donors (Lipinski definition) is 2. The Morgan fingerprint density at radius 3 is 2.76 bits per heavy atom. The maximum absolute atomic E-state index is 14.1. The number of carbonyl (C=O) groups excluding carboxylic acids is 1. The fraction of sp³-hybridized carbons (Fsp3) is 0.435. The molecule has 1 unspecified atom stereocenters. The highest BCUT2D eigenvalue weighted by Crippen LogP contribution is 2.31. The molecule has 1 atom stereocenters. The Morgan fingerprint density at radius 2 is 2.00 bits per heavy atom. The lowest BCUT2D eigenvalue weighted by Gasteiger charge is -2.32. The van der Waals surface area contributed by atoms with Gasteiger partial charge in [0.05, 0.1) is 0 Å². The lowest BCUT2D eigenvalue weighted by Crippen LogP contribution is -2.45. The molecule has 2 N–H and O–H groups in total. The molecule has 0 radical (unpaired) electrons. The Labute approximate surface area is 171 Å². The van der Waals surface area contributed by atoms with Crippen molar-refractivity contribution in [2.24, 2.45) is 0 Å². The zero-order valence-electron chi connectivity index (χ0n) is 17.2. The quantitative estimate of drug-likeness (QED) is 0.816. The summed E-state index contributed by atoms with van der Waals surface area (Å²) >= 11 is 0. The summed E-state index contributed by atoms with van der Waals surface area (Å²) in [5, 5.41) is 6.18. The van der Waals surface area contributed by atoms with Crippen molar-refractivity contribution in [1.29, 1.82) is 0 Å². The van der Waals surface area contributed by atoms with Gasteiger partial charge in [-0.15, -0.1) is 0 Å². The largest absolute Gasteiger partial charge is 0.373 e. The summed E-state index contributed by atoms with van der Waals surface area (Å²) in [4.78, 5) is 17.6. The van der Waals surface area contributed by atoms with E-state index in [0.717, 1.165) is 56.1 Å². The summed E-state index contributed by atoms with van der Waals surface area (Å²) < 4.78 is 14.1. The Hall–Kier alpha value is -2.44. The summed E-state index contributed by atoms with van der Waals surface area (Å²) in [7, 11) is 2.16. The van der Waals surface area contributed by atoms with Crippen molar-refractivity contribution in [2.75, 3.05) is 50.4 Å². The Morgan fingerprint density at radius 1 is 1.21 bits per heavy atom. The topological polar surface area (TPSA) is 47.6 Å². The number of fused-ring (bicyclic) bond motifs is 1. The molecule has 0 spiro atoms. The van der Waals surface area contributed by atoms with Gasteiger partial charge in [-0.05, 0) is 49.7 Å². The van der Waals surface area contributed by atoms with Crippen LogP contribution in [0.1, 0.15) is 16.7 Å². The third-order valence-corrected chi connectivity index (χ3v) is 6.01. The second-order valence-corrected chi connectivity index (χ2v) is 8.20. The molecular formula is C23H29FN4O. The van der Waals surface area contributed by atoms with Gasteiger partial charge < -0.3 is 20.4 Å². The second kappa shape index (κ2) is 8.51. The molecule has 2 aromatic rings. The van der Waals surface area contributed by atoms with Crippen LogP contribution in [0.25, 0.3) is 0 Å². The van der Waals surface area contributed by atoms with Gasteiger partial charge in [-0.3, -0.25) is 4.79 Å². The van der Waals surface area contributed by atoms with Crippen LogP contribution in [0.15, 0.2) is 36.4 Å². The van der Waals surface area contributed by atoms with Crippen LogP contribution in [0.2, 0.25) is 0 Å². The minimum absolute atomic E-state index is 0.129. The van der Waals surface area contributed by atoms with Crippen LogP contribution in [0.4, 0.5) is 15.8 Å². The number of carbonyl (C=O) groups is 1. The number of rotatable bonds is 5. The van der Waals surface area contributed by atoms with Crippen molar-refractivity contribution < 1.29 is 9.18 Å². The minimum atomic E-state index is -0.449. The Balaban J connectivity index is 1.34. The number of amides is 1. The van der Waals surface area contributed by atoms with E-state index in [1.807, 2.05) is 25.1 Å². The van der Waals surface area contributed by atoms with Gasteiger partial charge in [0, 0.05) is 56.1 Å². The first kappa shape index (κ1) is 19.9. The van der Waals surface area contributed by atoms with Gasteiger partial charge >= 0.3 is 0 Å². The van der Waals surface area contributed by atoms with Gasteiger partial charge in [0.25, 0.3) is 0 Å². The van der Waals surface area contributed by atoms with Crippen LogP contribution in [-0.4, -0.2) is 61.5 Å². The number of anilines is 2. The SMILES string of the molecule is Cc1ccc(F)c2c1NC(C(=O)Nc1cccc(CCN3CCN(C)CC3)c1)C2. The summed E-state index contributed by atoms with van der Waals surface area (Å²) in [5.74, 6) is -0.379. The van der Waals surface area contributed by atoms with Gasteiger partial charge in [0.1, 0.15) is 11.9 Å². The molecule has 6 heteroatoms. The van der Waals surface area contributed by atoms with E-state index >= 15 is 0 Å². The van der Waals surface area contributed by atoms with E-state index in [2.05, 4.69) is 33.5 Å². The van der Waals surface area contributed by atoms with E-state index in [4.69, 9.17) is 0 Å². The number of nitrogens with one attached hydrogen (secondary N) is 2. The molecule has 2 heterocycles. The highest BCUT2D eigenvalue weighted by molar-refractivity contribution is 5.98. The molecule has 0 bridgehead atoms. The van der Waals surface area contributed by atoms with E-state index in [0.29, 0.717) is 12.0 Å². The first-order chi connectivity index (χ1) is 14.0. The van der Waals surface area contributed by atoms with Crippen LogP contribution in [0.3, 0.4) is 0 Å². The lowest BCUT2D eigenvalue weighted by atomic mass is 10.1. The van der Waals surface area contributed by atoms with Crippen LogP contribution in [0.5, 0.6) is 0 Å². The van der Waals surface area contributed by atoms with Crippen molar-refractivity contribution >= 4 is 17.3 Å². The standard InChI is InChI=1S/C23H29FN4O/c1-16-6-7-20(24)19-15-21(26-22(16)19)23(29)25-18-5-3-4-17(14-18)8-9-28-12-10-27(2)11-13-28/h3-7,14,21,26H,8-13,15H2,1-2H3,(H,25,29). The number of nitrogens with zero attached hydrogens (tertiary/aromatic N) is 2. The van der Waals surface area contributed by atoms with E-state index in [1.165, 1.54) is 11.6 Å². The van der Waals surface area contributed by atoms with Crippen molar-refractivity contribution in [2.45, 2.75) is 25.8 Å². The van der Waals surface area contributed by atoms with Gasteiger partial charge in [-0.1, -0.05) is 18.2 Å². The molecular weight excluding hydrogens is 367 g/mol. The molecule has 2 aliphatic rings. The number of likely N-dealkylation sites (N-methyl/N-ethyl adjacent to an activating group) is 1. The van der Waals surface area contributed by atoms with Gasteiger partial charge in [0.2, 0.25) is 5.91 Å². The van der Waals surface area contributed by atoms with E-state index < -0.39 is 6.04 Å². The minimum Gasteiger partial charge on any atom is -0.373 e. The summed E-state index contributed by atoms with van der Waals surface area (Å²) in [5.41, 5.74) is 4.33. The average molecular weight is 397 g/mol. The monoisotopic (exact) mass is 396 g/mol. The van der Waals surface area contributed by atoms with Gasteiger partial charge in [-0.25, -0.2) is 4.39 Å². The molecule has 2 aromatic carbocycles. The van der Waals surface area contributed by atoms with Gasteiger partial charge in [0.15, 0.2) is 0 Å². The summed E-state index contributed by atoms with van der Waals surface area (Å²) in [6, 6.07) is 10.8. The van der Waals surface area contributed by atoms with Crippen LogP contribution in [-0.2, 0) is 17.6 Å². The molecule has 5 nitrogen and oxygen atoms in total. The van der Waals surface area contributed by atoms with Crippen molar-refractivity contribution in [3.05, 3.63) is 58.9 Å². The lowest BCUT2D eigenvalue weighted by molar-refractivity contribution is -0.116. The van der Waals surface area contributed by atoms with E-state index in [9.17, 15) is 9.18 Å². The van der Waals surface area contributed by atoms with Crippen LogP contribution in [0, 0.1) is 12.7 Å². The summed E-state index contributed by atoms with van der Waals surface area (Å²) in [6.45, 7) is 7.41. The number of hydrogen-bond acceptors (Lipinski definition) is 4. The predicted octanol–water partition coefficient (Wildman–Crippen LogP) is 2.90. The molecule has 154 valence electrons. The first-order valence-electron chi connectivity index (χ1n) is 10.3. The number of piperazine rings is 1. The van der Waals surface area contributed by atoms with Crippen molar-refractivity contribution in [1.82, 2.24) is 9.80 Å². The van der Waals surface area contributed by atoms with Crippen molar-refractivity contribution in [3.63, 3.8) is 0 Å². The molecule has 29 heavy (non-hydrogen) atoms. The molecule has 4 rings (SSSR count). The van der Waals surface area contributed by atoms with Crippen LogP contribution < -0.4 is 10.6 Å². The normalized spacial score (nSPS) is 19.6. The number of aryl methyl sites for hydroxylation is 1. The number of halogens is 1. The zero-order valence-corrected chi connectivity index (χ0v) is 17.2. The molecule has 0 aliphatic carbocycles. The van der Waals surface area contributed by atoms with Crippen LogP contribution >= 0.6 is 0 Å². The third kappa shape index (κ3) is 4.60. The molecule has 1 fully saturated rings. The highest BCUT2D eigenvalue weighted by Gasteiger charge is 2.30. The number of benzene rings is 2. The molecule has 1 saturated heterocycles. The highest BCUT2D eigenvalue weighted by atomic mass is 19.1. The third-order valence-electron chi connectivity index (χ3n) is 6.01. The smallest absolute Gasteiger partial charge is 0.247 e. The average Bonchev–Trinajstić information content (AvgIpc) is 3.18. The summed E-state index contributed by atoms with van der Waals surface area (Å²) in [6.07, 6.45) is 1.34. The van der Waals surface area contributed by atoms with Gasteiger partial charge in [-0.2, -0.15) is 0 Å². The zero-order chi connectivity index (χ0) is 20.4. The molecule has 0 aromatic heterocycles. The maximum atomic E-state index is 14.1. The van der Waals surface area contributed by atoms with E-state index in [-0.39, 0.29) is 11.7 Å². The maximum Gasteiger partial charge on any atom is 0.247 e. The second-order valence-electron chi connectivity index (χ2n) is 8.20.